The average Bonchev–Trinajstić information content (AvgIpc) is 3.83. The molecule has 63 heavy (non-hydrogen) atoms. The van der Waals surface area contributed by atoms with E-state index >= 15 is 0 Å². The Labute approximate surface area is 366 Å². The Morgan fingerprint density at radius 1 is 0.429 bits per heavy atom. The van der Waals surface area contributed by atoms with Crippen LogP contribution < -0.4 is 0 Å². The van der Waals surface area contributed by atoms with Gasteiger partial charge in [0, 0.05) is 32.8 Å². The predicted octanol–water partition coefficient (Wildman–Crippen LogP) is 15.9. The molecule has 11 rings (SSSR count). The number of nitrogens with zero attached hydrogens (tertiary/aromatic N) is 4. The molecule has 2 heterocycles. The van der Waals surface area contributed by atoms with E-state index in [-0.39, 0.29) is 0 Å². The van der Waals surface area contributed by atoms with Crippen molar-refractivity contribution in [2.45, 2.75) is 20.8 Å². The van der Waals surface area contributed by atoms with Gasteiger partial charge in [-0.25, -0.2) is 4.85 Å². The van der Waals surface area contributed by atoms with Gasteiger partial charge in [0.2, 0.25) is 0 Å². The minimum absolute atomic E-state index is 0.562. The highest BCUT2D eigenvalue weighted by atomic mass is 15.0. The molecule has 0 aliphatic carbocycles. The lowest BCUT2D eigenvalue weighted by Gasteiger charge is -2.21. The number of hydrogen-bond donors (Lipinski definition) is 0. The predicted molar refractivity (Wildman–Crippen MR) is 262 cm³/mol. The van der Waals surface area contributed by atoms with Gasteiger partial charge in [-0.15, -0.1) is 0 Å². The monoisotopic (exact) mass is 804 g/mol. The van der Waals surface area contributed by atoms with Gasteiger partial charge >= 0.3 is 0 Å². The van der Waals surface area contributed by atoms with E-state index in [2.05, 4.69) is 199 Å². The first-order valence-corrected chi connectivity index (χ1v) is 21.3. The molecule has 0 fully saturated rings. The molecule has 0 amide bonds. The lowest BCUT2D eigenvalue weighted by molar-refractivity contribution is 1.16. The molecule has 0 saturated heterocycles. The van der Waals surface area contributed by atoms with Crippen LogP contribution in [0.25, 0.3) is 104 Å². The smallest absolute Gasteiger partial charge is 0.197 e. The Bertz CT molecular complexity index is 3750. The summed E-state index contributed by atoms with van der Waals surface area (Å²) in [5.41, 5.74) is 19.4. The first kappa shape index (κ1) is 37.6. The highest BCUT2D eigenvalue weighted by molar-refractivity contribution is 6.13. The van der Waals surface area contributed by atoms with Gasteiger partial charge in [0.05, 0.1) is 46.0 Å². The molecule has 4 nitrogen and oxygen atoms in total. The van der Waals surface area contributed by atoms with Crippen LogP contribution >= 0.6 is 0 Å². The molecule has 0 radical (unpaired) electrons. The number of benzene rings is 9. The van der Waals surface area contributed by atoms with Crippen LogP contribution in [0.2, 0.25) is 0 Å². The minimum atomic E-state index is 0.562. The summed E-state index contributed by atoms with van der Waals surface area (Å²) in [5.74, 6) is 0. The molecule has 9 aromatic carbocycles. The lowest BCUT2D eigenvalue weighted by Crippen LogP contribution is -2.02. The Kier molecular flexibility index (Phi) is 8.90. The van der Waals surface area contributed by atoms with E-state index < -0.39 is 0 Å². The number of hydrogen-bond acceptors (Lipinski definition) is 1. The summed E-state index contributed by atoms with van der Waals surface area (Å²) in [5, 5.41) is 14.4. The van der Waals surface area contributed by atoms with Crippen LogP contribution in [0.4, 0.5) is 5.69 Å². The number of rotatable bonds is 6. The van der Waals surface area contributed by atoms with Crippen LogP contribution in [-0.4, -0.2) is 9.13 Å². The molecule has 0 atom stereocenters. The molecule has 0 N–H and O–H groups in total. The maximum absolute atomic E-state index is 9.76. The summed E-state index contributed by atoms with van der Waals surface area (Å²) in [6.07, 6.45) is 0. The Morgan fingerprint density at radius 2 is 0.968 bits per heavy atom. The van der Waals surface area contributed by atoms with Gasteiger partial charge in [-0.2, -0.15) is 5.26 Å². The van der Waals surface area contributed by atoms with E-state index in [1.165, 1.54) is 27.8 Å². The van der Waals surface area contributed by atoms with Crippen molar-refractivity contribution in [2.75, 3.05) is 0 Å². The largest absolute Gasteiger partial charge is 0.310 e. The van der Waals surface area contributed by atoms with Crippen molar-refractivity contribution in [3.8, 4) is 62.0 Å². The third kappa shape index (κ3) is 6.20. The molecular formula is C59H40N4. The highest BCUT2D eigenvalue weighted by Gasteiger charge is 2.24. The van der Waals surface area contributed by atoms with E-state index in [4.69, 9.17) is 6.57 Å². The third-order valence-electron chi connectivity index (χ3n) is 12.6. The fraction of sp³-hybridized carbons (Fsp3) is 0.0508. The van der Waals surface area contributed by atoms with Crippen molar-refractivity contribution in [3.63, 3.8) is 0 Å². The van der Waals surface area contributed by atoms with Gasteiger partial charge < -0.3 is 9.13 Å². The highest BCUT2D eigenvalue weighted by Crippen LogP contribution is 2.46. The van der Waals surface area contributed by atoms with Gasteiger partial charge in [-0.1, -0.05) is 132 Å². The van der Waals surface area contributed by atoms with Gasteiger partial charge in [0.1, 0.15) is 0 Å². The summed E-state index contributed by atoms with van der Waals surface area (Å²) in [4.78, 5) is 4.27. The van der Waals surface area contributed by atoms with Crippen LogP contribution in [0.5, 0.6) is 0 Å². The van der Waals surface area contributed by atoms with Gasteiger partial charge in [0.15, 0.2) is 5.69 Å². The fourth-order valence-electron chi connectivity index (χ4n) is 9.71. The zero-order valence-electron chi connectivity index (χ0n) is 35.2. The summed E-state index contributed by atoms with van der Waals surface area (Å²) in [6, 6.07) is 69.0. The zero-order chi connectivity index (χ0) is 42.8. The van der Waals surface area contributed by atoms with Crippen molar-refractivity contribution in [2.24, 2.45) is 0 Å². The normalized spacial score (nSPS) is 11.4. The standard InChI is InChI=1S/C59H40N4/c1-37-12-9-14-41(30-37)43-23-27-55-49(33-43)47-16-5-7-19-53(47)62(55)57-29-25-45(46-26-22-40(36-60)32-39(46)3)35-51(57)59-52(61-4)18-11-21-58(59)63-54-20-8-6-17-48(54)50-34-44(24-28-56(50)63)42-15-10-13-38(2)31-42/h5-35H,1-3H3. The SMILES string of the molecule is [C-]#[N+]c1cccc(-n2c3ccccc3c3cc(-c4cccc(C)c4)ccc32)c1-c1cc(-c2ccc(C#N)cc2C)ccc1-n1c2ccccc2c2cc(-c3cccc(C)c3)ccc21. The van der Waals surface area contributed by atoms with Crippen LogP contribution in [0.3, 0.4) is 0 Å². The maximum Gasteiger partial charge on any atom is 0.197 e. The molecule has 0 spiro atoms. The Balaban J connectivity index is 1.22. The molecule has 0 saturated carbocycles. The van der Waals surface area contributed by atoms with E-state index in [1.54, 1.807) is 0 Å². The second-order valence-electron chi connectivity index (χ2n) is 16.6. The van der Waals surface area contributed by atoms with Crippen molar-refractivity contribution in [1.29, 1.82) is 5.26 Å². The fourth-order valence-corrected chi connectivity index (χ4v) is 9.71. The van der Waals surface area contributed by atoms with Crippen molar-refractivity contribution in [1.82, 2.24) is 9.13 Å². The number of aromatic nitrogens is 2. The number of fused-ring (bicyclic) bond motifs is 6. The molecular weight excluding hydrogens is 765 g/mol. The van der Waals surface area contributed by atoms with Gasteiger partial charge in [-0.05, 0) is 132 Å². The van der Waals surface area contributed by atoms with Crippen molar-refractivity contribution < 1.29 is 0 Å². The summed E-state index contributed by atoms with van der Waals surface area (Å²) in [6.45, 7) is 15.1. The quantitative estimate of drug-likeness (QED) is 0.154. The van der Waals surface area contributed by atoms with E-state index in [1.807, 2.05) is 30.3 Å². The van der Waals surface area contributed by atoms with Crippen LogP contribution in [0.1, 0.15) is 22.3 Å². The van der Waals surface area contributed by atoms with E-state index in [0.717, 1.165) is 88.4 Å². The lowest BCUT2D eigenvalue weighted by atomic mass is 9.92. The van der Waals surface area contributed by atoms with E-state index in [9.17, 15) is 5.26 Å². The third-order valence-corrected chi connectivity index (χ3v) is 12.6. The topological polar surface area (TPSA) is 38.0 Å². The number of aryl methyl sites for hydroxylation is 3. The molecule has 11 aromatic rings. The molecule has 0 unspecified atom stereocenters. The summed E-state index contributed by atoms with van der Waals surface area (Å²) in [7, 11) is 0. The van der Waals surface area contributed by atoms with Crippen molar-refractivity contribution in [3.05, 3.63) is 222 Å². The second kappa shape index (κ2) is 14.9. The van der Waals surface area contributed by atoms with Crippen molar-refractivity contribution >= 4 is 49.3 Å². The van der Waals surface area contributed by atoms with Crippen LogP contribution in [0.15, 0.2) is 188 Å². The molecule has 0 bridgehead atoms. The minimum Gasteiger partial charge on any atom is -0.310 e. The zero-order valence-corrected chi connectivity index (χ0v) is 35.2. The molecule has 2 aromatic heterocycles. The average molecular weight is 805 g/mol. The van der Waals surface area contributed by atoms with E-state index in [0.29, 0.717) is 11.3 Å². The second-order valence-corrected chi connectivity index (χ2v) is 16.6. The van der Waals surface area contributed by atoms with Crippen LogP contribution in [-0.2, 0) is 0 Å². The molecule has 0 aliphatic heterocycles. The summed E-state index contributed by atoms with van der Waals surface area (Å²) < 4.78 is 4.72. The molecule has 0 aliphatic rings. The number of nitriles is 1. The van der Waals surface area contributed by atoms with Gasteiger partial charge in [-0.3, -0.25) is 0 Å². The summed E-state index contributed by atoms with van der Waals surface area (Å²) >= 11 is 0. The number of para-hydroxylation sites is 2. The Hall–Kier alpha value is -8.44. The maximum atomic E-state index is 9.76. The first-order valence-electron chi connectivity index (χ1n) is 21.3. The molecule has 4 heteroatoms. The first-order chi connectivity index (χ1) is 30.9. The van der Waals surface area contributed by atoms with Gasteiger partial charge in [0.25, 0.3) is 0 Å². The Morgan fingerprint density at radius 3 is 1.54 bits per heavy atom. The van der Waals surface area contributed by atoms with Crippen LogP contribution in [0, 0.1) is 38.7 Å². The molecule has 296 valence electrons.